The lowest BCUT2D eigenvalue weighted by molar-refractivity contribution is 0.0928. The molecule has 0 aliphatic heterocycles. The first-order valence-electron chi connectivity index (χ1n) is 6.19. The summed E-state index contributed by atoms with van der Waals surface area (Å²) in [5.41, 5.74) is 1.76. The number of alkyl halides is 1. The predicted molar refractivity (Wildman–Crippen MR) is 70.5 cm³/mol. The van der Waals surface area contributed by atoms with Gasteiger partial charge in [0.2, 0.25) is 0 Å². The number of hydrogen-bond donors (Lipinski definition) is 1. The highest BCUT2D eigenvalue weighted by Gasteiger charge is 2.25. The number of halogens is 1. The molecule has 1 fully saturated rings. The second-order valence-corrected chi connectivity index (χ2v) is 5.26. The molecule has 2 rings (SSSR count). The van der Waals surface area contributed by atoms with Crippen LogP contribution < -0.4 is 5.32 Å². The molecule has 1 aliphatic rings. The van der Waals surface area contributed by atoms with Gasteiger partial charge in [-0.15, -0.1) is 11.6 Å². The number of amides is 1. The van der Waals surface area contributed by atoms with E-state index in [9.17, 15) is 4.79 Å². The first-order valence-corrected chi connectivity index (χ1v) is 6.62. The van der Waals surface area contributed by atoms with Crippen molar-refractivity contribution in [2.45, 2.75) is 44.0 Å². The Morgan fingerprint density at radius 1 is 1.29 bits per heavy atom. The smallest absolute Gasteiger partial charge is 0.251 e. The molecule has 1 aliphatic carbocycles. The number of rotatable bonds is 2. The highest BCUT2D eigenvalue weighted by atomic mass is 35.5. The van der Waals surface area contributed by atoms with E-state index in [0.29, 0.717) is 0 Å². The molecule has 0 bridgehead atoms. The minimum absolute atomic E-state index is 0.000602. The van der Waals surface area contributed by atoms with Gasteiger partial charge in [0.1, 0.15) is 0 Å². The Morgan fingerprint density at radius 3 is 2.71 bits per heavy atom. The molecule has 1 aromatic rings. The molecular formula is C14H18ClNO. The molecule has 0 radical (unpaired) electrons. The first kappa shape index (κ1) is 12.4. The molecule has 17 heavy (non-hydrogen) atoms. The molecule has 2 unspecified atom stereocenters. The average molecular weight is 252 g/mol. The molecule has 0 spiro atoms. The number of carbonyl (C=O) groups excluding carboxylic acids is 1. The van der Waals surface area contributed by atoms with Crippen LogP contribution in [0.3, 0.4) is 0 Å². The predicted octanol–water partition coefficient (Wildman–Crippen LogP) is 3.27. The van der Waals surface area contributed by atoms with Crippen LogP contribution in [0.25, 0.3) is 0 Å². The van der Waals surface area contributed by atoms with Gasteiger partial charge >= 0.3 is 0 Å². The summed E-state index contributed by atoms with van der Waals surface area (Å²) in [7, 11) is 0. The third-order valence-electron chi connectivity index (χ3n) is 3.39. The zero-order chi connectivity index (χ0) is 12.3. The monoisotopic (exact) mass is 251 g/mol. The molecule has 0 saturated heterocycles. The van der Waals surface area contributed by atoms with Gasteiger partial charge in [0.15, 0.2) is 0 Å². The average Bonchev–Trinajstić information content (AvgIpc) is 2.32. The SMILES string of the molecule is Cc1ccccc1C(=O)NC1CCCCC1Cl. The molecule has 3 heteroatoms. The molecule has 2 atom stereocenters. The lowest BCUT2D eigenvalue weighted by Gasteiger charge is -2.28. The fraction of sp³-hybridized carbons (Fsp3) is 0.500. The van der Waals surface area contributed by atoms with Gasteiger partial charge in [0.05, 0.1) is 5.38 Å². The summed E-state index contributed by atoms with van der Waals surface area (Å²) in [6.07, 6.45) is 4.32. The van der Waals surface area contributed by atoms with Crippen LogP contribution in [0.2, 0.25) is 0 Å². The summed E-state index contributed by atoms with van der Waals surface area (Å²) in [5, 5.41) is 3.14. The maximum Gasteiger partial charge on any atom is 0.251 e. The zero-order valence-corrected chi connectivity index (χ0v) is 10.8. The van der Waals surface area contributed by atoms with Crippen molar-refractivity contribution in [1.82, 2.24) is 5.32 Å². The molecule has 1 N–H and O–H groups in total. The van der Waals surface area contributed by atoms with Gasteiger partial charge in [-0.1, -0.05) is 31.0 Å². The maximum absolute atomic E-state index is 12.1. The standard InChI is InChI=1S/C14H18ClNO/c1-10-6-2-3-7-11(10)14(17)16-13-9-5-4-8-12(13)15/h2-3,6-7,12-13H,4-5,8-9H2,1H3,(H,16,17). The first-order chi connectivity index (χ1) is 8.18. The quantitative estimate of drug-likeness (QED) is 0.803. The van der Waals surface area contributed by atoms with E-state index in [4.69, 9.17) is 11.6 Å². The van der Waals surface area contributed by atoms with Crippen LogP contribution in [-0.4, -0.2) is 17.3 Å². The van der Waals surface area contributed by atoms with E-state index in [1.807, 2.05) is 31.2 Å². The molecule has 92 valence electrons. The van der Waals surface area contributed by atoms with Crippen LogP contribution in [-0.2, 0) is 0 Å². The molecule has 1 aromatic carbocycles. The lowest BCUT2D eigenvalue weighted by Crippen LogP contribution is -2.43. The fourth-order valence-electron chi connectivity index (χ4n) is 2.32. The molecular weight excluding hydrogens is 234 g/mol. The van der Waals surface area contributed by atoms with Crippen molar-refractivity contribution in [3.63, 3.8) is 0 Å². The molecule has 0 heterocycles. The summed E-state index contributed by atoms with van der Waals surface area (Å²) in [5.74, 6) is 0.000602. The summed E-state index contributed by atoms with van der Waals surface area (Å²) in [6.45, 7) is 1.95. The summed E-state index contributed by atoms with van der Waals surface area (Å²) >= 11 is 6.24. The van der Waals surface area contributed by atoms with Crippen molar-refractivity contribution >= 4 is 17.5 Å². The van der Waals surface area contributed by atoms with Crippen LogP contribution in [0.4, 0.5) is 0 Å². The Kier molecular flexibility index (Phi) is 4.06. The minimum atomic E-state index is 0.000602. The van der Waals surface area contributed by atoms with Gasteiger partial charge in [0.25, 0.3) is 5.91 Å². The Hall–Kier alpha value is -1.02. The molecule has 1 amide bonds. The Balaban J connectivity index is 2.04. The Labute approximate surface area is 107 Å². The largest absolute Gasteiger partial charge is 0.348 e. The second kappa shape index (κ2) is 5.54. The second-order valence-electron chi connectivity index (χ2n) is 4.70. The van der Waals surface area contributed by atoms with Crippen LogP contribution in [0.5, 0.6) is 0 Å². The zero-order valence-electron chi connectivity index (χ0n) is 10.1. The van der Waals surface area contributed by atoms with E-state index >= 15 is 0 Å². The van der Waals surface area contributed by atoms with Crippen molar-refractivity contribution < 1.29 is 4.79 Å². The van der Waals surface area contributed by atoms with Crippen molar-refractivity contribution in [3.8, 4) is 0 Å². The van der Waals surface area contributed by atoms with Gasteiger partial charge in [-0.2, -0.15) is 0 Å². The number of aryl methyl sites for hydroxylation is 1. The third kappa shape index (κ3) is 3.01. The van der Waals surface area contributed by atoms with Crippen LogP contribution >= 0.6 is 11.6 Å². The highest BCUT2D eigenvalue weighted by molar-refractivity contribution is 6.21. The number of hydrogen-bond acceptors (Lipinski definition) is 1. The van der Waals surface area contributed by atoms with Gasteiger partial charge in [-0.05, 0) is 31.4 Å². The van der Waals surface area contributed by atoms with Crippen LogP contribution in [0.1, 0.15) is 41.6 Å². The van der Waals surface area contributed by atoms with Crippen LogP contribution in [0, 0.1) is 6.92 Å². The van der Waals surface area contributed by atoms with E-state index in [2.05, 4.69) is 5.32 Å². The van der Waals surface area contributed by atoms with E-state index in [0.717, 1.165) is 30.4 Å². The summed E-state index contributed by atoms with van der Waals surface area (Å²) in [4.78, 5) is 12.1. The fourth-order valence-corrected chi connectivity index (χ4v) is 2.67. The van der Waals surface area contributed by atoms with Gasteiger partial charge < -0.3 is 5.32 Å². The number of carbonyl (C=O) groups is 1. The van der Waals surface area contributed by atoms with Crippen molar-refractivity contribution in [1.29, 1.82) is 0 Å². The van der Waals surface area contributed by atoms with Gasteiger partial charge in [-0.3, -0.25) is 4.79 Å². The number of nitrogens with one attached hydrogen (secondary N) is 1. The van der Waals surface area contributed by atoms with E-state index < -0.39 is 0 Å². The third-order valence-corrected chi connectivity index (χ3v) is 3.91. The Bertz CT molecular complexity index is 405. The Morgan fingerprint density at radius 2 is 2.00 bits per heavy atom. The van der Waals surface area contributed by atoms with E-state index in [1.54, 1.807) is 0 Å². The van der Waals surface area contributed by atoms with Gasteiger partial charge in [-0.25, -0.2) is 0 Å². The summed E-state index contributed by atoms with van der Waals surface area (Å²) < 4.78 is 0. The molecule has 1 saturated carbocycles. The molecule has 2 nitrogen and oxygen atoms in total. The van der Waals surface area contributed by atoms with Gasteiger partial charge in [0, 0.05) is 11.6 Å². The van der Waals surface area contributed by atoms with Crippen molar-refractivity contribution in [2.24, 2.45) is 0 Å². The topological polar surface area (TPSA) is 29.1 Å². The van der Waals surface area contributed by atoms with Crippen molar-refractivity contribution in [3.05, 3.63) is 35.4 Å². The minimum Gasteiger partial charge on any atom is -0.348 e. The molecule has 0 aromatic heterocycles. The van der Waals surface area contributed by atoms with Crippen molar-refractivity contribution in [2.75, 3.05) is 0 Å². The van der Waals surface area contributed by atoms with E-state index in [-0.39, 0.29) is 17.3 Å². The highest BCUT2D eigenvalue weighted by Crippen LogP contribution is 2.23. The van der Waals surface area contributed by atoms with E-state index in [1.165, 1.54) is 6.42 Å². The van der Waals surface area contributed by atoms with Crippen LogP contribution in [0.15, 0.2) is 24.3 Å². The normalized spacial score (nSPS) is 24.4. The lowest BCUT2D eigenvalue weighted by atomic mass is 9.94. The number of benzene rings is 1. The summed E-state index contributed by atoms with van der Waals surface area (Å²) in [6, 6.07) is 7.76. The maximum atomic E-state index is 12.1.